The van der Waals surface area contributed by atoms with Gasteiger partial charge in [0, 0.05) is 25.7 Å². The largest absolute Gasteiger partial charge is 0.463 e. The van der Waals surface area contributed by atoms with Crippen LogP contribution in [0.1, 0.15) is 12.0 Å². The molecule has 0 atom stereocenters. The van der Waals surface area contributed by atoms with Crippen molar-refractivity contribution < 1.29 is 22.0 Å². The van der Waals surface area contributed by atoms with Crippen molar-refractivity contribution in [2.75, 3.05) is 6.54 Å². The zero-order valence-electron chi connectivity index (χ0n) is 14.8. The van der Waals surface area contributed by atoms with Gasteiger partial charge in [-0.1, -0.05) is 6.07 Å². The number of nitrogens with one attached hydrogen (secondary N) is 2. The highest BCUT2D eigenvalue weighted by Gasteiger charge is 2.14. The fourth-order valence-corrected chi connectivity index (χ4v) is 3.51. The fraction of sp³-hybridized carbons (Fsp3) is 0.158. The van der Waals surface area contributed by atoms with Crippen LogP contribution in [0.25, 0.3) is 11.5 Å². The summed E-state index contributed by atoms with van der Waals surface area (Å²) >= 11 is 0. The first-order valence-corrected chi connectivity index (χ1v) is 9.93. The van der Waals surface area contributed by atoms with Crippen LogP contribution in [0.2, 0.25) is 0 Å². The quantitative estimate of drug-likeness (QED) is 0.602. The molecule has 28 heavy (non-hydrogen) atoms. The summed E-state index contributed by atoms with van der Waals surface area (Å²) in [6.45, 7) is 0.171. The molecule has 1 aromatic carbocycles. The van der Waals surface area contributed by atoms with E-state index in [4.69, 9.17) is 4.42 Å². The van der Waals surface area contributed by atoms with E-state index in [1.165, 1.54) is 12.1 Å². The first kappa shape index (κ1) is 19.7. The van der Waals surface area contributed by atoms with Crippen LogP contribution in [-0.4, -0.2) is 25.9 Å². The molecule has 146 valence electrons. The van der Waals surface area contributed by atoms with Crippen LogP contribution in [-0.2, 0) is 21.4 Å². The minimum Gasteiger partial charge on any atom is -0.463 e. The predicted molar refractivity (Wildman–Crippen MR) is 100.0 cm³/mol. The van der Waals surface area contributed by atoms with Gasteiger partial charge < -0.3 is 9.73 Å². The molecule has 0 spiro atoms. The Bertz CT molecular complexity index is 1050. The second-order valence-electron chi connectivity index (χ2n) is 5.91. The number of furan rings is 1. The molecular formula is C19H18FN3O4S. The van der Waals surface area contributed by atoms with E-state index in [0.717, 1.165) is 17.7 Å². The molecule has 3 rings (SSSR count). The highest BCUT2D eigenvalue weighted by Crippen LogP contribution is 2.18. The molecule has 3 aromatic rings. The summed E-state index contributed by atoms with van der Waals surface area (Å²) in [5.74, 6) is -0.342. The lowest BCUT2D eigenvalue weighted by atomic mass is 10.2. The highest BCUT2D eigenvalue weighted by molar-refractivity contribution is 7.89. The van der Waals surface area contributed by atoms with Crippen LogP contribution in [0.15, 0.2) is 70.3 Å². The number of hydrogen-bond donors (Lipinski definition) is 2. The molecule has 0 unspecified atom stereocenters. The number of amides is 1. The Morgan fingerprint density at radius 1 is 1.14 bits per heavy atom. The SMILES string of the molecule is O=C(CCNS(=O)(=O)c1cccc(F)c1)NCc1ccnc(-c2ccco2)c1. The van der Waals surface area contributed by atoms with Crippen LogP contribution in [0.5, 0.6) is 0 Å². The Hall–Kier alpha value is -3.04. The third kappa shape index (κ3) is 5.24. The van der Waals surface area contributed by atoms with E-state index in [1.807, 2.05) is 0 Å². The molecule has 0 radical (unpaired) electrons. The number of hydrogen-bond acceptors (Lipinski definition) is 5. The van der Waals surface area contributed by atoms with E-state index in [2.05, 4.69) is 15.0 Å². The van der Waals surface area contributed by atoms with Gasteiger partial charge >= 0.3 is 0 Å². The van der Waals surface area contributed by atoms with E-state index in [-0.39, 0.29) is 30.3 Å². The average Bonchev–Trinajstić information content (AvgIpc) is 3.21. The molecule has 0 aliphatic carbocycles. The van der Waals surface area contributed by atoms with Crippen LogP contribution in [0.4, 0.5) is 4.39 Å². The normalized spacial score (nSPS) is 11.3. The number of aromatic nitrogens is 1. The zero-order chi connectivity index (χ0) is 20.0. The number of rotatable bonds is 8. The monoisotopic (exact) mass is 403 g/mol. The van der Waals surface area contributed by atoms with E-state index in [0.29, 0.717) is 11.5 Å². The van der Waals surface area contributed by atoms with Gasteiger partial charge in [-0.3, -0.25) is 9.78 Å². The molecule has 0 aliphatic rings. The van der Waals surface area contributed by atoms with Crippen molar-refractivity contribution in [1.82, 2.24) is 15.0 Å². The molecule has 2 aromatic heterocycles. The first-order chi connectivity index (χ1) is 13.4. The van der Waals surface area contributed by atoms with E-state index >= 15 is 0 Å². The van der Waals surface area contributed by atoms with Gasteiger partial charge in [0.25, 0.3) is 0 Å². The van der Waals surface area contributed by atoms with Crippen LogP contribution < -0.4 is 10.0 Å². The number of benzene rings is 1. The number of halogens is 1. The number of nitrogens with zero attached hydrogens (tertiary/aromatic N) is 1. The van der Waals surface area contributed by atoms with Crippen molar-refractivity contribution in [1.29, 1.82) is 0 Å². The molecule has 0 saturated heterocycles. The zero-order valence-corrected chi connectivity index (χ0v) is 15.6. The molecule has 9 heteroatoms. The van der Waals surface area contributed by atoms with Gasteiger partial charge in [-0.2, -0.15) is 0 Å². The second-order valence-corrected chi connectivity index (χ2v) is 7.68. The predicted octanol–water partition coefficient (Wildman–Crippen LogP) is 2.47. The van der Waals surface area contributed by atoms with Crippen LogP contribution in [0.3, 0.4) is 0 Å². The van der Waals surface area contributed by atoms with Crippen molar-refractivity contribution in [3.05, 3.63) is 72.4 Å². The average molecular weight is 403 g/mol. The van der Waals surface area contributed by atoms with Crippen molar-refractivity contribution in [3.8, 4) is 11.5 Å². The summed E-state index contributed by atoms with van der Waals surface area (Å²) in [4.78, 5) is 16.0. The van der Waals surface area contributed by atoms with E-state index < -0.39 is 15.8 Å². The summed E-state index contributed by atoms with van der Waals surface area (Å²) in [6, 6.07) is 11.8. The molecule has 1 amide bonds. The van der Waals surface area contributed by atoms with Gasteiger partial charge in [-0.25, -0.2) is 17.5 Å². The van der Waals surface area contributed by atoms with Gasteiger partial charge in [-0.15, -0.1) is 0 Å². The summed E-state index contributed by atoms with van der Waals surface area (Å²) in [5.41, 5.74) is 1.48. The van der Waals surface area contributed by atoms with Crippen molar-refractivity contribution in [3.63, 3.8) is 0 Å². The fourth-order valence-electron chi connectivity index (χ4n) is 2.45. The minimum absolute atomic E-state index is 0.0509. The van der Waals surface area contributed by atoms with Gasteiger partial charge in [0.2, 0.25) is 15.9 Å². The lowest BCUT2D eigenvalue weighted by molar-refractivity contribution is -0.121. The van der Waals surface area contributed by atoms with Gasteiger partial charge in [0.05, 0.1) is 11.2 Å². The number of sulfonamides is 1. The lowest BCUT2D eigenvalue weighted by Crippen LogP contribution is -2.30. The standard InChI is InChI=1S/C19H18FN3O4S/c20-15-3-1-4-16(12-15)28(25,26)23-9-7-19(24)22-13-14-6-8-21-17(11-14)18-5-2-10-27-18/h1-6,8,10-12,23H,7,9,13H2,(H,22,24). The first-order valence-electron chi connectivity index (χ1n) is 8.45. The molecule has 0 saturated carbocycles. The molecule has 7 nitrogen and oxygen atoms in total. The second kappa shape index (κ2) is 8.77. The minimum atomic E-state index is -3.86. The molecular weight excluding hydrogens is 385 g/mol. The van der Waals surface area contributed by atoms with Gasteiger partial charge in [0.1, 0.15) is 11.5 Å². The Balaban J connectivity index is 1.48. The Morgan fingerprint density at radius 3 is 2.75 bits per heavy atom. The third-order valence-corrected chi connectivity index (χ3v) is 5.30. The molecule has 0 fully saturated rings. The van der Waals surface area contributed by atoms with Crippen molar-refractivity contribution in [2.24, 2.45) is 0 Å². The summed E-state index contributed by atoms with van der Waals surface area (Å²) < 4.78 is 44.9. The smallest absolute Gasteiger partial charge is 0.240 e. The maximum absolute atomic E-state index is 13.2. The van der Waals surface area contributed by atoms with E-state index in [9.17, 15) is 17.6 Å². The summed E-state index contributed by atoms with van der Waals surface area (Å²) in [5, 5.41) is 2.71. The number of carbonyl (C=O) groups is 1. The lowest BCUT2D eigenvalue weighted by Gasteiger charge is -2.08. The highest BCUT2D eigenvalue weighted by atomic mass is 32.2. The maximum atomic E-state index is 13.2. The topological polar surface area (TPSA) is 101 Å². The maximum Gasteiger partial charge on any atom is 0.240 e. The Kier molecular flexibility index (Phi) is 6.17. The number of pyridine rings is 1. The third-order valence-electron chi connectivity index (χ3n) is 3.84. The van der Waals surface area contributed by atoms with Gasteiger partial charge in [-0.05, 0) is 48.0 Å². The number of carbonyl (C=O) groups excluding carboxylic acids is 1. The van der Waals surface area contributed by atoms with Crippen molar-refractivity contribution >= 4 is 15.9 Å². The van der Waals surface area contributed by atoms with Crippen LogP contribution in [0, 0.1) is 5.82 Å². The summed E-state index contributed by atoms with van der Waals surface area (Å²) in [6.07, 6.45) is 3.12. The summed E-state index contributed by atoms with van der Waals surface area (Å²) in [7, 11) is -3.86. The molecule has 2 heterocycles. The van der Waals surface area contributed by atoms with Crippen LogP contribution >= 0.6 is 0 Å². The molecule has 0 bridgehead atoms. The molecule has 2 N–H and O–H groups in total. The molecule has 0 aliphatic heterocycles. The van der Waals surface area contributed by atoms with E-state index in [1.54, 1.807) is 36.7 Å². The van der Waals surface area contributed by atoms with Crippen molar-refractivity contribution in [2.45, 2.75) is 17.9 Å². The Labute approximate surface area is 161 Å². The Morgan fingerprint density at radius 2 is 2.00 bits per heavy atom. The van der Waals surface area contributed by atoms with Gasteiger partial charge in [0.15, 0.2) is 5.76 Å².